The van der Waals surface area contributed by atoms with Crippen LogP contribution in [0.2, 0.25) is 0 Å². The van der Waals surface area contributed by atoms with Gasteiger partial charge in [-0.3, -0.25) is 0 Å². The molecule has 88 valence electrons. The van der Waals surface area contributed by atoms with Gasteiger partial charge in [0.05, 0.1) is 11.0 Å². The van der Waals surface area contributed by atoms with Crippen LogP contribution in [-0.4, -0.2) is 32.0 Å². The molecule has 2 rings (SSSR count). The third-order valence-electron chi connectivity index (χ3n) is 3.79. The minimum Gasteiger partial charge on any atom is -0.313 e. The lowest BCUT2D eigenvalue weighted by Gasteiger charge is -2.15. The summed E-state index contributed by atoms with van der Waals surface area (Å²) in [7, 11) is -2.75. The van der Waals surface area contributed by atoms with Crippen LogP contribution in [0.5, 0.6) is 0 Å². The van der Waals surface area contributed by atoms with E-state index in [0.29, 0.717) is 18.3 Å². The smallest absolute Gasteiger partial charge is 0.154 e. The predicted molar refractivity (Wildman–Crippen MR) is 61.6 cm³/mol. The lowest BCUT2D eigenvalue weighted by atomic mass is 10.1. The van der Waals surface area contributed by atoms with Crippen LogP contribution < -0.4 is 5.32 Å². The van der Waals surface area contributed by atoms with E-state index in [1.807, 2.05) is 0 Å². The number of rotatable bonds is 3. The lowest BCUT2D eigenvalue weighted by Crippen LogP contribution is -2.36. The van der Waals surface area contributed by atoms with Crippen molar-refractivity contribution in [1.29, 1.82) is 0 Å². The second kappa shape index (κ2) is 4.42. The van der Waals surface area contributed by atoms with Gasteiger partial charge in [-0.2, -0.15) is 0 Å². The van der Waals surface area contributed by atoms with Crippen molar-refractivity contribution in [1.82, 2.24) is 5.32 Å². The second-order valence-electron chi connectivity index (χ2n) is 5.15. The Hall–Kier alpha value is -0.0900. The molecule has 0 spiro atoms. The van der Waals surface area contributed by atoms with Gasteiger partial charge >= 0.3 is 0 Å². The number of nitrogens with one attached hydrogen (secondary N) is 1. The molecule has 1 aliphatic carbocycles. The Morgan fingerprint density at radius 1 is 1.27 bits per heavy atom. The highest BCUT2D eigenvalue weighted by atomic mass is 32.2. The standard InChI is InChI=1S/C11H21NO2S/c1-9-4-5-10(7-9)12-8-11-3-2-6-15(11,13)14/h9-12H,2-8H2,1H3. The molecule has 3 atom stereocenters. The first-order chi connectivity index (χ1) is 7.08. The Morgan fingerprint density at radius 2 is 2.07 bits per heavy atom. The first-order valence-electron chi connectivity index (χ1n) is 6.03. The van der Waals surface area contributed by atoms with Crippen molar-refractivity contribution in [2.24, 2.45) is 5.92 Å². The van der Waals surface area contributed by atoms with Gasteiger partial charge in [-0.15, -0.1) is 0 Å². The van der Waals surface area contributed by atoms with Crippen LogP contribution in [0.1, 0.15) is 39.0 Å². The summed E-state index contributed by atoms with van der Waals surface area (Å²) in [5, 5.41) is 3.33. The van der Waals surface area contributed by atoms with Crippen LogP contribution in [0, 0.1) is 5.92 Å². The first-order valence-corrected chi connectivity index (χ1v) is 7.74. The Bertz CT molecular complexity index is 313. The predicted octanol–water partition coefficient (Wildman–Crippen LogP) is 1.34. The van der Waals surface area contributed by atoms with Crippen LogP contribution >= 0.6 is 0 Å². The molecule has 1 saturated heterocycles. The molecule has 0 aromatic heterocycles. The maximum atomic E-state index is 11.6. The van der Waals surface area contributed by atoms with Gasteiger partial charge in [0, 0.05) is 12.6 Å². The molecule has 2 fully saturated rings. The van der Waals surface area contributed by atoms with E-state index in [1.165, 1.54) is 19.3 Å². The van der Waals surface area contributed by atoms with Gasteiger partial charge in [0.25, 0.3) is 0 Å². The highest BCUT2D eigenvalue weighted by Gasteiger charge is 2.32. The average Bonchev–Trinajstić information content (AvgIpc) is 2.69. The summed E-state index contributed by atoms with van der Waals surface area (Å²) in [6.07, 6.45) is 5.43. The van der Waals surface area contributed by atoms with Crippen LogP contribution in [0.4, 0.5) is 0 Å². The topological polar surface area (TPSA) is 46.2 Å². The van der Waals surface area contributed by atoms with Crippen molar-refractivity contribution in [3.05, 3.63) is 0 Å². The summed E-state index contributed by atoms with van der Waals surface area (Å²) in [6, 6.07) is 0.566. The van der Waals surface area contributed by atoms with E-state index in [0.717, 1.165) is 18.8 Å². The molecule has 2 aliphatic rings. The molecule has 0 aromatic carbocycles. The number of hydrogen-bond donors (Lipinski definition) is 1. The zero-order valence-electron chi connectivity index (χ0n) is 9.41. The van der Waals surface area contributed by atoms with Crippen molar-refractivity contribution in [3.63, 3.8) is 0 Å². The molecule has 1 aliphatic heterocycles. The molecule has 15 heavy (non-hydrogen) atoms. The highest BCUT2D eigenvalue weighted by molar-refractivity contribution is 7.92. The summed E-state index contributed by atoms with van der Waals surface area (Å²) in [4.78, 5) is 0. The first kappa shape index (κ1) is 11.4. The Morgan fingerprint density at radius 3 is 2.60 bits per heavy atom. The van der Waals surface area contributed by atoms with Crippen molar-refractivity contribution < 1.29 is 8.42 Å². The van der Waals surface area contributed by atoms with Gasteiger partial charge < -0.3 is 5.32 Å². The maximum absolute atomic E-state index is 11.6. The minimum atomic E-state index is -2.75. The van der Waals surface area contributed by atoms with Gasteiger partial charge in [0.1, 0.15) is 0 Å². The van der Waals surface area contributed by atoms with Crippen molar-refractivity contribution in [2.45, 2.75) is 50.3 Å². The fourth-order valence-electron chi connectivity index (χ4n) is 2.78. The van der Waals surface area contributed by atoms with Gasteiger partial charge in [-0.25, -0.2) is 8.42 Å². The monoisotopic (exact) mass is 231 g/mol. The highest BCUT2D eigenvalue weighted by Crippen LogP contribution is 2.25. The Balaban J connectivity index is 1.79. The molecule has 3 unspecified atom stereocenters. The quantitative estimate of drug-likeness (QED) is 0.797. The summed E-state index contributed by atoms with van der Waals surface area (Å²) in [5.74, 6) is 1.21. The summed E-state index contributed by atoms with van der Waals surface area (Å²) < 4.78 is 23.2. The molecule has 3 nitrogen and oxygen atoms in total. The molecule has 4 heteroatoms. The van der Waals surface area contributed by atoms with Crippen LogP contribution in [0.25, 0.3) is 0 Å². The fraction of sp³-hybridized carbons (Fsp3) is 1.00. The normalized spacial score (nSPS) is 39.7. The van der Waals surface area contributed by atoms with Crippen molar-refractivity contribution in [2.75, 3.05) is 12.3 Å². The Kier molecular flexibility index (Phi) is 3.36. The van der Waals surface area contributed by atoms with E-state index in [1.54, 1.807) is 0 Å². The van der Waals surface area contributed by atoms with E-state index in [2.05, 4.69) is 12.2 Å². The summed E-state index contributed by atoms with van der Waals surface area (Å²) in [6.45, 7) is 2.95. The van der Waals surface area contributed by atoms with Crippen LogP contribution in [-0.2, 0) is 9.84 Å². The van der Waals surface area contributed by atoms with Crippen LogP contribution in [0.15, 0.2) is 0 Å². The molecular formula is C11H21NO2S. The van der Waals surface area contributed by atoms with Gasteiger partial charge in [0.15, 0.2) is 9.84 Å². The van der Waals surface area contributed by atoms with E-state index in [9.17, 15) is 8.42 Å². The fourth-order valence-corrected chi connectivity index (χ4v) is 4.56. The molecule has 1 saturated carbocycles. The third kappa shape index (κ3) is 2.72. The summed E-state index contributed by atoms with van der Waals surface area (Å²) in [5.41, 5.74) is 0. The van der Waals surface area contributed by atoms with Crippen molar-refractivity contribution in [3.8, 4) is 0 Å². The van der Waals surface area contributed by atoms with Crippen LogP contribution in [0.3, 0.4) is 0 Å². The van der Waals surface area contributed by atoms with E-state index >= 15 is 0 Å². The van der Waals surface area contributed by atoms with Crippen molar-refractivity contribution >= 4 is 9.84 Å². The Labute approximate surface area is 92.6 Å². The van der Waals surface area contributed by atoms with E-state index in [-0.39, 0.29) is 5.25 Å². The number of sulfone groups is 1. The zero-order valence-corrected chi connectivity index (χ0v) is 10.2. The minimum absolute atomic E-state index is 0.103. The van der Waals surface area contributed by atoms with Gasteiger partial charge in [0.2, 0.25) is 0 Å². The number of hydrogen-bond acceptors (Lipinski definition) is 3. The van der Waals surface area contributed by atoms with E-state index < -0.39 is 9.84 Å². The molecule has 0 amide bonds. The lowest BCUT2D eigenvalue weighted by molar-refractivity contribution is 0.490. The van der Waals surface area contributed by atoms with E-state index in [4.69, 9.17) is 0 Å². The maximum Gasteiger partial charge on any atom is 0.154 e. The molecule has 1 heterocycles. The molecular weight excluding hydrogens is 210 g/mol. The van der Waals surface area contributed by atoms with Gasteiger partial charge in [-0.1, -0.05) is 6.92 Å². The summed E-state index contributed by atoms with van der Waals surface area (Å²) >= 11 is 0. The molecule has 0 bridgehead atoms. The average molecular weight is 231 g/mol. The SMILES string of the molecule is CC1CCC(NCC2CCCS2(=O)=O)C1. The second-order valence-corrected chi connectivity index (χ2v) is 7.56. The molecule has 0 radical (unpaired) electrons. The van der Waals surface area contributed by atoms with Gasteiger partial charge in [-0.05, 0) is 38.0 Å². The largest absolute Gasteiger partial charge is 0.313 e. The zero-order chi connectivity index (χ0) is 10.9. The third-order valence-corrected chi connectivity index (χ3v) is 6.07. The molecule has 0 aromatic rings. The molecule has 1 N–H and O–H groups in total.